The van der Waals surface area contributed by atoms with E-state index in [4.69, 9.17) is 0 Å². The number of hydrogen-bond donors (Lipinski definition) is 2. The lowest BCUT2D eigenvalue weighted by Gasteiger charge is -2.19. The molecule has 0 aliphatic rings. The molecule has 0 spiro atoms. The van der Waals surface area contributed by atoms with Crippen LogP contribution >= 0.6 is 0 Å². The molecule has 0 aliphatic carbocycles. The number of aromatic nitrogens is 2. The molecule has 0 bridgehead atoms. The van der Waals surface area contributed by atoms with Gasteiger partial charge < -0.3 is 10.3 Å². The van der Waals surface area contributed by atoms with E-state index in [1.807, 2.05) is 31.2 Å². The summed E-state index contributed by atoms with van der Waals surface area (Å²) in [5.74, 6) is 0.826. The second-order valence-corrected chi connectivity index (χ2v) is 7.88. The van der Waals surface area contributed by atoms with Gasteiger partial charge in [-0.25, -0.2) is 4.98 Å². The summed E-state index contributed by atoms with van der Waals surface area (Å²) in [6, 6.07) is 16.3. The molecule has 1 aromatic heterocycles. The fraction of sp³-hybridized carbons (Fsp3) is 0.364. The molecule has 3 aromatic rings. The third-order valence-corrected chi connectivity index (χ3v) is 4.66. The van der Waals surface area contributed by atoms with Gasteiger partial charge in [-0.15, -0.1) is 0 Å². The normalized spacial score (nSPS) is 12.9. The molecule has 1 amide bonds. The number of hydrogen-bond acceptors (Lipinski definition) is 2. The molecule has 26 heavy (non-hydrogen) atoms. The van der Waals surface area contributed by atoms with E-state index in [9.17, 15) is 4.79 Å². The van der Waals surface area contributed by atoms with Gasteiger partial charge in [0, 0.05) is 6.42 Å². The van der Waals surface area contributed by atoms with Crippen LogP contribution in [0, 0.1) is 0 Å². The van der Waals surface area contributed by atoms with Crippen molar-refractivity contribution in [2.75, 3.05) is 0 Å². The number of amides is 1. The molecule has 3 rings (SSSR count). The average molecular weight is 349 g/mol. The maximum atomic E-state index is 12.3. The second kappa shape index (κ2) is 7.32. The Morgan fingerprint density at radius 2 is 1.81 bits per heavy atom. The van der Waals surface area contributed by atoms with Crippen LogP contribution in [0.2, 0.25) is 0 Å². The molecule has 0 fully saturated rings. The van der Waals surface area contributed by atoms with E-state index < -0.39 is 0 Å². The number of carbonyl (C=O) groups excluding carboxylic acids is 1. The Labute approximate surface area is 155 Å². The summed E-state index contributed by atoms with van der Waals surface area (Å²) < 4.78 is 0. The number of nitrogens with one attached hydrogen (secondary N) is 2. The van der Waals surface area contributed by atoms with Crippen molar-refractivity contribution in [3.05, 3.63) is 65.5 Å². The minimum Gasteiger partial charge on any atom is -0.346 e. The van der Waals surface area contributed by atoms with E-state index in [2.05, 4.69) is 60.3 Å². The first-order valence-corrected chi connectivity index (χ1v) is 9.16. The average Bonchev–Trinajstić information content (AvgIpc) is 3.04. The maximum Gasteiger partial charge on any atom is 0.220 e. The number of rotatable bonds is 5. The molecule has 2 N–H and O–H groups in total. The van der Waals surface area contributed by atoms with Crippen LogP contribution in [0.25, 0.3) is 11.0 Å². The summed E-state index contributed by atoms with van der Waals surface area (Å²) in [4.78, 5) is 20.1. The quantitative estimate of drug-likeness (QED) is 0.703. The number of nitrogens with zero attached hydrogens (tertiary/aromatic N) is 1. The van der Waals surface area contributed by atoms with Crippen LogP contribution in [-0.2, 0) is 16.6 Å². The number of para-hydroxylation sites is 2. The predicted octanol–water partition coefficient (Wildman–Crippen LogP) is 4.67. The Bertz CT molecular complexity index is 855. The highest BCUT2D eigenvalue weighted by Gasteiger charge is 2.15. The van der Waals surface area contributed by atoms with Crippen LogP contribution in [0.4, 0.5) is 0 Å². The van der Waals surface area contributed by atoms with E-state index in [0.29, 0.717) is 6.42 Å². The van der Waals surface area contributed by atoms with Crippen molar-refractivity contribution in [2.45, 2.75) is 52.0 Å². The Morgan fingerprint density at radius 3 is 2.46 bits per heavy atom. The van der Waals surface area contributed by atoms with Crippen molar-refractivity contribution in [3.63, 3.8) is 0 Å². The van der Waals surface area contributed by atoms with Crippen molar-refractivity contribution in [1.29, 1.82) is 0 Å². The monoisotopic (exact) mass is 349 g/mol. The second-order valence-electron chi connectivity index (χ2n) is 7.88. The molecule has 0 aliphatic heterocycles. The van der Waals surface area contributed by atoms with Crippen LogP contribution in [0.15, 0.2) is 48.5 Å². The summed E-state index contributed by atoms with van der Waals surface area (Å²) in [5.41, 5.74) is 4.55. The number of benzene rings is 2. The van der Waals surface area contributed by atoms with Crippen LogP contribution in [0.5, 0.6) is 0 Å². The first-order chi connectivity index (χ1) is 12.3. The molecule has 0 saturated carbocycles. The van der Waals surface area contributed by atoms with Gasteiger partial charge in [-0.2, -0.15) is 0 Å². The SMILES string of the molecule is CC(NC(=O)CCc1ccc(C(C)(C)C)cc1)c1nc2ccccc2[nH]1. The number of fused-ring (bicyclic) bond motifs is 1. The van der Waals surface area contributed by atoms with Crippen molar-refractivity contribution >= 4 is 16.9 Å². The molecule has 2 aromatic carbocycles. The van der Waals surface area contributed by atoms with Gasteiger partial charge in [0.1, 0.15) is 5.82 Å². The largest absolute Gasteiger partial charge is 0.346 e. The number of aryl methyl sites for hydroxylation is 1. The van der Waals surface area contributed by atoms with E-state index in [-0.39, 0.29) is 17.4 Å². The molecule has 0 radical (unpaired) electrons. The van der Waals surface area contributed by atoms with Crippen molar-refractivity contribution in [2.24, 2.45) is 0 Å². The number of aromatic amines is 1. The minimum absolute atomic E-state index is 0.0397. The highest BCUT2D eigenvalue weighted by molar-refractivity contribution is 5.77. The Hall–Kier alpha value is -2.62. The fourth-order valence-corrected chi connectivity index (χ4v) is 2.99. The highest BCUT2D eigenvalue weighted by Crippen LogP contribution is 2.22. The third kappa shape index (κ3) is 4.31. The van der Waals surface area contributed by atoms with E-state index in [1.54, 1.807) is 0 Å². The summed E-state index contributed by atoms with van der Waals surface area (Å²) in [5, 5.41) is 3.03. The van der Waals surface area contributed by atoms with Crippen LogP contribution in [-0.4, -0.2) is 15.9 Å². The lowest BCUT2D eigenvalue weighted by Crippen LogP contribution is -2.27. The van der Waals surface area contributed by atoms with Crippen molar-refractivity contribution in [1.82, 2.24) is 15.3 Å². The lowest BCUT2D eigenvalue weighted by molar-refractivity contribution is -0.121. The van der Waals surface area contributed by atoms with Crippen molar-refractivity contribution < 1.29 is 4.79 Å². The van der Waals surface area contributed by atoms with E-state index in [0.717, 1.165) is 23.3 Å². The van der Waals surface area contributed by atoms with Crippen molar-refractivity contribution in [3.8, 4) is 0 Å². The van der Waals surface area contributed by atoms with Gasteiger partial charge in [0.05, 0.1) is 17.1 Å². The third-order valence-electron chi connectivity index (χ3n) is 4.66. The van der Waals surface area contributed by atoms with Gasteiger partial charge in [-0.05, 0) is 42.0 Å². The zero-order valence-electron chi connectivity index (χ0n) is 16.0. The minimum atomic E-state index is -0.141. The van der Waals surface area contributed by atoms with Gasteiger partial charge in [-0.3, -0.25) is 4.79 Å². The molecule has 136 valence electrons. The van der Waals surface area contributed by atoms with Crippen LogP contribution in [0.3, 0.4) is 0 Å². The van der Waals surface area contributed by atoms with E-state index in [1.165, 1.54) is 11.1 Å². The highest BCUT2D eigenvalue weighted by atomic mass is 16.1. The fourth-order valence-electron chi connectivity index (χ4n) is 2.99. The molecule has 4 nitrogen and oxygen atoms in total. The van der Waals surface area contributed by atoms with Gasteiger partial charge in [-0.1, -0.05) is 57.2 Å². The zero-order chi connectivity index (χ0) is 18.7. The molecule has 4 heteroatoms. The maximum absolute atomic E-state index is 12.3. The topological polar surface area (TPSA) is 57.8 Å². The molecular weight excluding hydrogens is 322 g/mol. The van der Waals surface area contributed by atoms with Gasteiger partial charge in [0.15, 0.2) is 0 Å². The number of H-pyrrole nitrogens is 1. The Kier molecular flexibility index (Phi) is 5.12. The summed E-state index contributed by atoms with van der Waals surface area (Å²) in [6.07, 6.45) is 1.21. The first kappa shape index (κ1) is 18.2. The summed E-state index contributed by atoms with van der Waals surface area (Å²) >= 11 is 0. The molecule has 1 heterocycles. The standard InChI is InChI=1S/C22H27N3O/c1-15(21-24-18-7-5-6-8-19(18)25-21)23-20(26)14-11-16-9-12-17(13-10-16)22(2,3)4/h5-10,12-13,15H,11,14H2,1-4H3,(H,23,26)(H,24,25). The summed E-state index contributed by atoms with van der Waals surface area (Å²) in [7, 11) is 0. The smallest absolute Gasteiger partial charge is 0.220 e. The van der Waals surface area contributed by atoms with Gasteiger partial charge in [0.2, 0.25) is 5.91 Å². The summed E-state index contributed by atoms with van der Waals surface area (Å²) in [6.45, 7) is 8.56. The van der Waals surface area contributed by atoms with E-state index >= 15 is 0 Å². The Balaban J connectivity index is 1.55. The van der Waals surface area contributed by atoms with Crippen LogP contribution < -0.4 is 5.32 Å². The number of imidazole rings is 1. The zero-order valence-corrected chi connectivity index (χ0v) is 16.0. The lowest BCUT2D eigenvalue weighted by atomic mass is 9.86. The Morgan fingerprint density at radius 1 is 1.12 bits per heavy atom. The molecule has 1 atom stereocenters. The predicted molar refractivity (Wildman–Crippen MR) is 106 cm³/mol. The molecular formula is C22H27N3O. The molecule has 0 saturated heterocycles. The van der Waals surface area contributed by atoms with Gasteiger partial charge in [0.25, 0.3) is 0 Å². The first-order valence-electron chi connectivity index (χ1n) is 9.16. The molecule has 1 unspecified atom stereocenters. The van der Waals surface area contributed by atoms with Crippen LogP contribution in [0.1, 0.15) is 57.1 Å². The van der Waals surface area contributed by atoms with Gasteiger partial charge >= 0.3 is 0 Å². The number of carbonyl (C=O) groups is 1.